The van der Waals surface area contributed by atoms with Crippen LogP contribution < -0.4 is 5.32 Å². The van der Waals surface area contributed by atoms with Crippen molar-refractivity contribution in [3.8, 4) is 0 Å². The van der Waals surface area contributed by atoms with Crippen LogP contribution in [0.3, 0.4) is 0 Å². The molecule has 26 heavy (non-hydrogen) atoms. The summed E-state index contributed by atoms with van der Waals surface area (Å²) in [6.07, 6.45) is 1.85. The highest BCUT2D eigenvalue weighted by atomic mass is 32.2. The Balaban J connectivity index is 1.70. The summed E-state index contributed by atoms with van der Waals surface area (Å²) < 4.78 is 25.7. The first kappa shape index (κ1) is 21.3. The van der Waals surface area contributed by atoms with E-state index in [0.29, 0.717) is 38.9 Å². The van der Waals surface area contributed by atoms with Crippen molar-refractivity contribution >= 4 is 27.7 Å². The minimum absolute atomic E-state index is 0.0539. The minimum Gasteiger partial charge on any atom is -0.355 e. The van der Waals surface area contributed by atoms with Gasteiger partial charge in [-0.2, -0.15) is 0 Å². The van der Waals surface area contributed by atoms with Crippen LogP contribution in [0.25, 0.3) is 0 Å². The number of piperidine rings is 1. The molecule has 1 aromatic rings. The number of amides is 1. The van der Waals surface area contributed by atoms with Gasteiger partial charge in [-0.15, -0.1) is 11.8 Å². The number of hydrogen-bond donors (Lipinski definition) is 1. The predicted octanol–water partition coefficient (Wildman–Crippen LogP) is 2.96. The average molecular weight is 399 g/mol. The van der Waals surface area contributed by atoms with Crippen LogP contribution in [0.15, 0.2) is 23.1 Å². The van der Waals surface area contributed by atoms with Gasteiger partial charge in [0.05, 0.1) is 5.75 Å². The highest BCUT2D eigenvalue weighted by Gasteiger charge is 2.30. The predicted molar refractivity (Wildman–Crippen MR) is 108 cm³/mol. The molecule has 2 rings (SSSR count). The molecule has 1 N–H and O–H groups in total. The van der Waals surface area contributed by atoms with Gasteiger partial charge in [0.15, 0.2) is 0 Å². The van der Waals surface area contributed by atoms with Gasteiger partial charge in [0.2, 0.25) is 15.9 Å². The third-order valence-electron chi connectivity index (χ3n) is 4.83. The molecule has 1 amide bonds. The van der Waals surface area contributed by atoms with Crippen LogP contribution in [0.4, 0.5) is 0 Å². The van der Waals surface area contributed by atoms with Crippen LogP contribution in [-0.4, -0.2) is 49.8 Å². The highest BCUT2D eigenvalue weighted by Crippen LogP contribution is 2.22. The fourth-order valence-corrected chi connectivity index (χ4v) is 5.48. The molecule has 0 radical (unpaired) electrons. The molecule has 0 saturated carbocycles. The van der Waals surface area contributed by atoms with Crippen molar-refractivity contribution < 1.29 is 13.2 Å². The first-order valence-corrected chi connectivity index (χ1v) is 11.9. The lowest BCUT2D eigenvalue weighted by Crippen LogP contribution is -2.44. The van der Waals surface area contributed by atoms with E-state index >= 15 is 0 Å². The number of sulfonamides is 1. The zero-order chi connectivity index (χ0) is 19.2. The van der Waals surface area contributed by atoms with Gasteiger partial charge in [-0.05, 0) is 56.4 Å². The molecule has 0 spiro atoms. The summed E-state index contributed by atoms with van der Waals surface area (Å²) in [5, 5.41) is 3.00. The molecule has 146 valence electrons. The van der Waals surface area contributed by atoms with Crippen LogP contribution >= 0.6 is 11.8 Å². The second-order valence-corrected chi connectivity index (χ2v) is 10.1. The summed E-state index contributed by atoms with van der Waals surface area (Å²) in [6.45, 7) is 7.62. The highest BCUT2D eigenvalue weighted by molar-refractivity contribution is 7.99. The van der Waals surface area contributed by atoms with Gasteiger partial charge in [-0.3, -0.25) is 4.79 Å². The Morgan fingerprint density at radius 1 is 1.23 bits per heavy atom. The number of rotatable bonds is 8. The van der Waals surface area contributed by atoms with Crippen LogP contribution in [0.2, 0.25) is 0 Å². The molecule has 0 aliphatic carbocycles. The maximum absolute atomic E-state index is 12.3. The number of nitrogens with zero attached hydrogens (tertiary/aromatic N) is 1. The number of nitrogens with one attached hydrogen (secondary N) is 1. The summed E-state index contributed by atoms with van der Waals surface area (Å²) in [7, 11) is -3.14. The molecule has 0 unspecified atom stereocenters. The summed E-state index contributed by atoms with van der Waals surface area (Å²) in [5.74, 6) is 1.00. The molecule has 1 aliphatic rings. The van der Waals surface area contributed by atoms with Crippen LogP contribution in [0.1, 0.15) is 37.3 Å². The smallest absolute Gasteiger partial charge is 0.223 e. The van der Waals surface area contributed by atoms with Crippen LogP contribution in [0.5, 0.6) is 0 Å². The van der Waals surface area contributed by atoms with Crippen molar-refractivity contribution in [3.63, 3.8) is 0 Å². The summed E-state index contributed by atoms with van der Waals surface area (Å²) >= 11 is 1.74. The molecule has 1 heterocycles. The maximum Gasteiger partial charge on any atom is 0.223 e. The van der Waals surface area contributed by atoms with E-state index in [2.05, 4.69) is 37.4 Å². The third-order valence-corrected chi connectivity index (χ3v) is 7.90. The lowest BCUT2D eigenvalue weighted by Gasteiger charge is -2.30. The van der Waals surface area contributed by atoms with Crippen molar-refractivity contribution in [2.75, 3.05) is 31.1 Å². The molecule has 1 aromatic carbocycles. The van der Waals surface area contributed by atoms with Crippen molar-refractivity contribution in [2.24, 2.45) is 5.92 Å². The zero-order valence-electron chi connectivity index (χ0n) is 16.0. The average Bonchev–Trinajstić information content (AvgIpc) is 2.61. The van der Waals surface area contributed by atoms with Gasteiger partial charge in [-0.1, -0.05) is 13.0 Å². The number of carbonyl (C=O) groups is 1. The minimum atomic E-state index is -3.14. The van der Waals surface area contributed by atoms with Gasteiger partial charge in [-0.25, -0.2) is 12.7 Å². The summed E-state index contributed by atoms with van der Waals surface area (Å²) in [6, 6.07) is 6.41. The number of hydrogen-bond acceptors (Lipinski definition) is 4. The van der Waals surface area contributed by atoms with Crippen LogP contribution in [0, 0.1) is 19.8 Å². The second kappa shape index (κ2) is 9.76. The molecule has 0 atom stereocenters. The topological polar surface area (TPSA) is 66.5 Å². The number of thioether (sulfide) groups is 1. The van der Waals surface area contributed by atoms with E-state index in [4.69, 9.17) is 0 Å². The molecule has 0 bridgehead atoms. The lowest BCUT2D eigenvalue weighted by atomic mass is 9.97. The fourth-order valence-electron chi connectivity index (χ4n) is 3.07. The van der Waals surface area contributed by atoms with Crippen molar-refractivity contribution in [2.45, 2.75) is 44.9 Å². The lowest BCUT2D eigenvalue weighted by molar-refractivity contribution is -0.125. The standard InChI is InChI=1S/C19H30N2O3S2/c1-4-13-26(23,24)21-10-7-17(8-11-21)19(22)20-9-12-25-18-6-5-15(2)16(3)14-18/h5-6,14,17H,4,7-13H2,1-3H3,(H,20,22). The van der Waals surface area contributed by atoms with Gasteiger partial charge in [0.25, 0.3) is 0 Å². The molecular weight excluding hydrogens is 368 g/mol. The molecule has 1 aliphatic heterocycles. The Kier molecular flexibility index (Phi) is 7.98. The van der Waals surface area contributed by atoms with E-state index in [9.17, 15) is 13.2 Å². The zero-order valence-corrected chi connectivity index (χ0v) is 17.6. The Morgan fingerprint density at radius 3 is 2.54 bits per heavy atom. The fraction of sp³-hybridized carbons (Fsp3) is 0.632. The molecule has 1 saturated heterocycles. The molecule has 7 heteroatoms. The monoisotopic (exact) mass is 398 g/mol. The van der Waals surface area contributed by atoms with E-state index in [1.54, 1.807) is 11.8 Å². The van der Waals surface area contributed by atoms with Crippen molar-refractivity contribution in [1.82, 2.24) is 9.62 Å². The third kappa shape index (κ3) is 5.99. The van der Waals surface area contributed by atoms with Crippen molar-refractivity contribution in [1.29, 1.82) is 0 Å². The van der Waals surface area contributed by atoms with Gasteiger partial charge in [0, 0.05) is 36.2 Å². The molecule has 1 fully saturated rings. The Labute approximate surface area is 162 Å². The van der Waals surface area contributed by atoms with Crippen LogP contribution in [-0.2, 0) is 14.8 Å². The Bertz CT molecular complexity index is 711. The first-order valence-electron chi connectivity index (χ1n) is 9.29. The van der Waals surface area contributed by atoms with Gasteiger partial charge in [0.1, 0.15) is 0 Å². The van der Waals surface area contributed by atoms with E-state index in [1.165, 1.54) is 20.3 Å². The van der Waals surface area contributed by atoms with E-state index in [1.807, 2.05) is 6.92 Å². The van der Waals surface area contributed by atoms with Gasteiger partial charge >= 0.3 is 0 Å². The molecule has 5 nitrogen and oxygen atoms in total. The molecular formula is C19H30N2O3S2. The quantitative estimate of drug-likeness (QED) is 0.540. The first-order chi connectivity index (χ1) is 12.3. The maximum atomic E-state index is 12.3. The van der Waals surface area contributed by atoms with E-state index < -0.39 is 10.0 Å². The van der Waals surface area contributed by atoms with E-state index in [0.717, 1.165) is 5.75 Å². The van der Waals surface area contributed by atoms with Crippen molar-refractivity contribution in [3.05, 3.63) is 29.3 Å². The van der Waals surface area contributed by atoms with Gasteiger partial charge < -0.3 is 5.32 Å². The summed E-state index contributed by atoms with van der Waals surface area (Å²) in [5.41, 5.74) is 2.57. The number of benzene rings is 1. The summed E-state index contributed by atoms with van der Waals surface area (Å²) in [4.78, 5) is 13.5. The largest absolute Gasteiger partial charge is 0.355 e. The number of aryl methyl sites for hydroxylation is 2. The Morgan fingerprint density at radius 2 is 1.92 bits per heavy atom. The normalized spacial score (nSPS) is 16.6. The number of carbonyl (C=O) groups excluding carboxylic acids is 1. The Hall–Kier alpha value is -1.05. The van der Waals surface area contributed by atoms with E-state index in [-0.39, 0.29) is 17.6 Å². The molecule has 0 aromatic heterocycles. The SMILES string of the molecule is CCCS(=O)(=O)N1CCC(C(=O)NCCSc2ccc(C)c(C)c2)CC1. The second-order valence-electron chi connectivity index (χ2n) is 6.87.